The second kappa shape index (κ2) is 29.3. The van der Waals surface area contributed by atoms with Gasteiger partial charge in [0.2, 0.25) is 0 Å². The van der Waals surface area contributed by atoms with Crippen LogP contribution in [-0.2, 0) is 85.4 Å². The number of hydrogen-bond acceptors (Lipinski definition) is 25. The number of carbonyl (C=O) groups excluding carboxylic acids is 7. The van der Waals surface area contributed by atoms with Crippen molar-refractivity contribution in [1.29, 1.82) is 0 Å². The minimum Gasteiger partial charge on any atom is -0.461 e. The van der Waals surface area contributed by atoms with E-state index in [-0.39, 0.29) is 38.2 Å². The maximum atomic E-state index is 16.0. The molecule has 0 amide bonds. The fraction of sp³-hybridized carbons (Fsp3) is 0.710. The number of carbonyl (C=O) groups is 7. The first kappa shape index (κ1) is 69.2. The quantitative estimate of drug-likeness (QED) is 0.0762. The van der Waals surface area contributed by atoms with Crippen LogP contribution in [0.3, 0.4) is 0 Å². The van der Waals surface area contributed by atoms with Crippen LogP contribution in [0.1, 0.15) is 116 Å². The number of aromatic nitrogens is 6. The van der Waals surface area contributed by atoms with Gasteiger partial charge in [-0.2, -0.15) is 0 Å². The Morgan fingerprint density at radius 2 is 1.28 bits per heavy atom. The third-order valence-electron chi connectivity index (χ3n) is 17.7. The zero-order valence-electron chi connectivity index (χ0n) is 53.8. The SMILES string of the molecule is C=C1C[C@@H](C)O[C@@H](O[C@@H]2[C@@H](C)[C@H](O[C@H]3C[C@@]4(C)OC(=O)O[C@H]4[C@H](C)O3)[C@@H](C)C(=O)O[C@H]([C@@H](C)CO[C@@H]3O[C@H](C)[C@@H](OC(=O)n4ccnc4)[C@@H](OC)[C@H]3OC)[C@H](C)[C@@H](OC(=O)CC(C)C)[C@@H](C)C(=O)[C@@](C)(OC(=O)n3ccnc3)C[C@@H]2C)[C@@H]1OC(=O)n1ccnc1. The predicted octanol–water partition coefficient (Wildman–Crippen LogP) is 7.47. The molecule has 5 fully saturated rings. The molecule has 5 saturated heterocycles. The average molecular weight is 1270 g/mol. The maximum Gasteiger partial charge on any atom is 0.509 e. The van der Waals surface area contributed by atoms with Gasteiger partial charge in [-0.15, -0.1) is 0 Å². The molecule has 498 valence electrons. The Labute approximate surface area is 523 Å². The molecule has 23 atom stereocenters. The van der Waals surface area contributed by atoms with Gasteiger partial charge in [0.1, 0.15) is 43.4 Å². The van der Waals surface area contributed by atoms with Crippen LogP contribution in [-0.4, -0.2) is 195 Å². The van der Waals surface area contributed by atoms with E-state index >= 15 is 9.59 Å². The second-order valence-corrected chi connectivity index (χ2v) is 25.4. The Bertz CT molecular complexity index is 2950. The summed E-state index contributed by atoms with van der Waals surface area (Å²) in [6.07, 6.45) is -7.20. The van der Waals surface area contributed by atoms with E-state index < -0.39 is 181 Å². The summed E-state index contributed by atoms with van der Waals surface area (Å²) in [5, 5.41) is 0. The first-order valence-corrected chi connectivity index (χ1v) is 30.6. The zero-order valence-corrected chi connectivity index (χ0v) is 53.8. The Morgan fingerprint density at radius 3 is 1.87 bits per heavy atom. The molecular formula is C62H88N6O22. The molecule has 0 N–H and O–H groups in total. The van der Waals surface area contributed by atoms with Gasteiger partial charge in [-0.1, -0.05) is 55.0 Å². The van der Waals surface area contributed by atoms with Gasteiger partial charge in [0.15, 0.2) is 54.2 Å². The molecule has 3 aromatic rings. The molecule has 0 unspecified atom stereocenters. The molecule has 8 heterocycles. The van der Waals surface area contributed by atoms with Crippen LogP contribution in [0.2, 0.25) is 0 Å². The van der Waals surface area contributed by atoms with Gasteiger partial charge in [0.05, 0.1) is 49.0 Å². The van der Waals surface area contributed by atoms with Crippen molar-refractivity contribution in [3.8, 4) is 0 Å². The molecule has 3 aromatic heterocycles. The fourth-order valence-corrected chi connectivity index (χ4v) is 13.2. The molecule has 0 aliphatic carbocycles. The number of ketones is 1. The van der Waals surface area contributed by atoms with Crippen LogP contribution >= 0.6 is 0 Å². The highest BCUT2D eigenvalue weighted by molar-refractivity contribution is 5.92. The summed E-state index contributed by atoms with van der Waals surface area (Å²) in [4.78, 5) is 112. The van der Waals surface area contributed by atoms with Crippen molar-refractivity contribution in [1.82, 2.24) is 28.7 Å². The molecular weight excluding hydrogens is 1180 g/mol. The predicted molar refractivity (Wildman–Crippen MR) is 311 cm³/mol. The highest BCUT2D eigenvalue weighted by atomic mass is 16.8. The number of imidazole rings is 3. The second-order valence-electron chi connectivity index (χ2n) is 25.4. The van der Waals surface area contributed by atoms with Gasteiger partial charge in [-0.05, 0) is 71.8 Å². The number of ether oxygens (including phenoxy) is 15. The van der Waals surface area contributed by atoms with Crippen LogP contribution < -0.4 is 0 Å². The van der Waals surface area contributed by atoms with Crippen molar-refractivity contribution in [3.05, 3.63) is 68.3 Å². The third-order valence-corrected chi connectivity index (χ3v) is 17.7. The average Bonchev–Trinajstić information content (AvgIpc) is 1.59. The Kier molecular flexibility index (Phi) is 22.5. The number of hydrogen-bond donors (Lipinski definition) is 0. The fourth-order valence-electron chi connectivity index (χ4n) is 13.2. The van der Waals surface area contributed by atoms with Crippen molar-refractivity contribution in [2.24, 2.45) is 41.4 Å². The van der Waals surface area contributed by atoms with Crippen LogP contribution in [0.15, 0.2) is 68.3 Å². The van der Waals surface area contributed by atoms with E-state index in [1.165, 1.54) is 77.3 Å². The molecule has 0 spiro atoms. The topological polar surface area (TPSA) is 311 Å². The van der Waals surface area contributed by atoms with Crippen molar-refractivity contribution >= 4 is 42.2 Å². The molecule has 0 radical (unpaired) electrons. The summed E-state index contributed by atoms with van der Waals surface area (Å²) in [7, 11) is 2.85. The largest absolute Gasteiger partial charge is 0.509 e. The zero-order chi connectivity index (χ0) is 65.7. The Hall–Kier alpha value is -6.66. The summed E-state index contributed by atoms with van der Waals surface area (Å²) in [6, 6.07) is 0. The summed E-state index contributed by atoms with van der Waals surface area (Å²) in [6.45, 7) is 26.2. The molecule has 5 aliphatic heterocycles. The summed E-state index contributed by atoms with van der Waals surface area (Å²) in [5.41, 5.74) is -2.86. The maximum absolute atomic E-state index is 16.0. The number of Topliss-reactive ketones (excluding diaryl/α,β-unsaturated/α-hetero) is 1. The molecule has 8 rings (SSSR count). The van der Waals surface area contributed by atoms with E-state index in [2.05, 4.69) is 21.5 Å². The number of methoxy groups -OCH3 is 2. The van der Waals surface area contributed by atoms with Crippen LogP contribution in [0, 0.1) is 41.4 Å². The minimum atomic E-state index is -2.08. The lowest BCUT2D eigenvalue weighted by Crippen LogP contribution is -2.60. The van der Waals surface area contributed by atoms with Crippen molar-refractivity contribution in [3.63, 3.8) is 0 Å². The molecule has 0 saturated carbocycles. The standard InChI is InChI=1S/C62H88N6O22/c1-31(2)23-42(69)82-47-37(8)45(34(5)27-78-55-51(77-16)50(76-15)49(40(11)81-55)87-58(73)67-21-18-64-29-67)84-54(71)39(10)48(83-43-26-62(14)53(41(12)80-43)88-60(75)90-62)36(7)44(33(4)25-61(13,52(70)38(47)9)89-59(74)68-22-19-65-30-68)85-56-46(32(3)24-35(6)79-56)86-57(72)66-20-17-63-28-66/h17-22,28-31,33-41,43-51,53,55-56H,3,23-27H2,1-2,4-16H3/t33-,34-,35+,36+,37-,38+,39+,40+,41-,43-,44-,45+,46+,47+,48-,49+,50+,51+,53-,55+,56-,61-,62+/m0/s1. The molecule has 28 nitrogen and oxygen atoms in total. The summed E-state index contributed by atoms with van der Waals surface area (Å²) >= 11 is 0. The molecule has 0 bridgehead atoms. The first-order chi connectivity index (χ1) is 42.6. The number of fused-ring (bicyclic) bond motifs is 1. The lowest BCUT2D eigenvalue weighted by Gasteiger charge is -2.46. The van der Waals surface area contributed by atoms with E-state index in [0.717, 1.165) is 13.7 Å². The smallest absolute Gasteiger partial charge is 0.461 e. The Balaban J connectivity index is 1.22. The Morgan fingerprint density at radius 1 is 0.667 bits per heavy atom. The van der Waals surface area contributed by atoms with E-state index in [1.54, 1.807) is 69.2 Å². The van der Waals surface area contributed by atoms with E-state index in [4.69, 9.17) is 71.1 Å². The number of cyclic esters (lactones) is 1. The summed E-state index contributed by atoms with van der Waals surface area (Å²) < 4.78 is 98.1. The lowest BCUT2D eigenvalue weighted by atomic mass is 9.74. The monoisotopic (exact) mass is 1270 g/mol. The highest BCUT2D eigenvalue weighted by Crippen LogP contribution is 2.44. The molecule has 28 heteroatoms. The molecule has 90 heavy (non-hydrogen) atoms. The van der Waals surface area contributed by atoms with E-state index in [9.17, 15) is 24.0 Å². The van der Waals surface area contributed by atoms with Crippen molar-refractivity contribution in [2.75, 3.05) is 20.8 Å². The molecule has 0 aromatic carbocycles. The first-order valence-electron chi connectivity index (χ1n) is 30.6. The van der Waals surface area contributed by atoms with Gasteiger partial charge in [0.25, 0.3) is 0 Å². The number of rotatable bonds is 16. The van der Waals surface area contributed by atoms with Gasteiger partial charge >= 0.3 is 36.4 Å². The van der Waals surface area contributed by atoms with Crippen LogP contribution in [0.25, 0.3) is 0 Å². The van der Waals surface area contributed by atoms with Crippen molar-refractivity contribution in [2.45, 2.75) is 219 Å². The number of esters is 2. The normalized spacial score (nSPS) is 37.3. The van der Waals surface area contributed by atoms with Crippen LogP contribution in [0.4, 0.5) is 19.2 Å². The van der Waals surface area contributed by atoms with Crippen molar-refractivity contribution < 1.29 is 105 Å². The molecule has 5 aliphatic rings. The van der Waals surface area contributed by atoms with Gasteiger partial charge in [0, 0.05) is 82.0 Å². The minimum absolute atomic E-state index is 0.0523. The van der Waals surface area contributed by atoms with Gasteiger partial charge in [-0.25, -0.2) is 47.8 Å². The highest BCUT2D eigenvalue weighted by Gasteiger charge is 2.58. The summed E-state index contributed by atoms with van der Waals surface area (Å²) in [5.74, 6) is -8.58. The van der Waals surface area contributed by atoms with E-state index in [1.807, 2.05) is 13.8 Å². The number of nitrogens with zero attached hydrogens (tertiary/aromatic N) is 6. The third kappa shape index (κ3) is 15.6. The van der Waals surface area contributed by atoms with E-state index in [0.29, 0.717) is 5.57 Å². The van der Waals surface area contributed by atoms with Gasteiger partial charge < -0.3 is 71.1 Å². The van der Waals surface area contributed by atoms with Gasteiger partial charge in [-0.3, -0.25) is 14.4 Å². The van der Waals surface area contributed by atoms with Crippen LogP contribution in [0.5, 0.6) is 0 Å². The lowest BCUT2D eigenvalue weighted by molar-refractivity contribution is -0.304.